The van der Waals surface area contributed by atoms with Crippen molar-refractivity contribution in [3.63, 3.8) is 0 Å². The summed E-state index contributed by atoms with van der Waals surface area (Å²) in [5.41, 5.74) is 5.24. The van der Waals surface area contributed by atoms with Gasteiger partial charge in [-0.2, -0.15) is 0 Å². The molecule has 1 saturated heterocycles. The summed E-state index contributed by atoms with van der Waals surface area (Å²) in [5.74, 6) is -0.0393. The molecule has 0 aliphatic carbocycles. The third-order valence-electron chi connectivity index (χ3n) is 3.96. The van der Waals surface area contributed by atoms with Gasteiger partial charge in [-0.25, -0.2) is 4.79 Å². The molecule has 6 heteroatoms. The first-order valence-electron chi connectivity index (χ1n) is 8.58. The molecule has 1 aliphatic rings. The second kappa shape index (κ2) is 7.99. The molecule has 0 aromatic heterocycles. The smallest absolute Gasteiger partial charge is 0.410 e. The van der Waals surface area contributed by atoms with Crippen molar-refractivity contribution in [1.82, 2.24) is 9.80 Å². The van der Waals surface area contributed by atoms with Crippen LogP contribution in [0.2, 0.25) is 0 Å². The fraction of sp³-hybridized carbons (Fsp3) is 0.882. The van der Waals surface area contributed by atoms with Crippen LogP contribution in [0.1, 0.15) is 60.8 Å². The Morgan fingerprint density at radius 2 is 1.87 bits per heavy atom. The molecule has 134 valence electrons. The van der Waals surface area contributed by atoms with Crippen LogP contribution in [0.5, 0.6) is 0 Å². The van der Waals surface area contributed by atoms with Gasteiger partial charge in [0.05, 0.1) is 6.04 Å². The molecule has 0 unspecified atom stereocenters. The molecule has 2 amide bonds. The number of carbonyl (C=O) groups is 2. The van der Waals surface area contributed by atoms with Crippen LogP contribution in [-0.4, -0.2) is 58.6 Å². The van der Waals surface area contributed by atoms with E-state index in [-0.39, 0.29) is 24.1 Å². The Kier molecular flexibility index (Phi) is 6.86. The Balaban J connectivity index is 2.84. The third-order valence-corrected chi connectivity index (χ3v) is 3.96. The lowest BCUT2D eigenvalue weighted by Gasteiger charge is -2.40. The van der Waals surface area contributed by atoms with Crippen molar-refractivity contribution in [3.05, 3.63) is 0 Å². The molecule has 0 spiro atoms. The molecule has 0 aromatic rings. The Hall–Kier alpha value is -1.30. The second-order valence-electron chi connectivity index (χ2n) is 7.70. The van der Waals surface area contributed by atoms with Crippen molar-refractivity contribution in [2.24, 2.45) is 5.73 Å². The van der Waals surface area contributed by atoms with Gasteiger partial charge in [0.25, 0.3) is 0 Å². The van der Waals surface area contributed by atoms with E-state index < -0.39 is 11.6 Å². The summed E-state index contributed by atoms with van der Waals surface area (Å²) >= 11 is 0. The first-order chi connectivity index (χ1) is 10.5. The summed E-state index contributed by atoms with van der Waals surface area (Å²) in [7, 11) is 0. The van der Waals surface area contributed by atoms with Crippen LogP contribution in [0, 0.1) is 0 Å². The van der Waals surface area contributed by atoms with E-state index in [1.54, 1.807) is 11.8 Å². The van der Waals surface area contributed by atoms with Crippen molar-refractivity contribution >= 4 is 12.0 Å². The average molecular weight is 327 g/mol. The Morgan fingerprint density at radius 3 is 2.35 bits per heavy atom. The van der Waals surface area contributed by atoms with Gasteiger partial charge in [0.2, 0.25) is 5.91 Å². The van der Waals surface area contributed by atoms with E-state index in [1.165, 1.54) is 0 Å². The van der Waals surface area contributed by atoms with Gasteiger partial charge < -0.3 is 20.3 Å². The standard InChI is InChI=1S/C17H33N3O3/c1-12(2)20(16(22)23-17(4,5)6)11-14-9-7-8-10-19(14)15(21)13(3)18/h12-14H,7-11,18H2,1-6H3/t13-,14+/m0/s1. The number of ether oxygens (including phenoxy) is 1. The molecule has 2 N–H and O–H groups in total. The minimum Gasteiger partial charge on any atom is -0.444 e. The molecular weight excluding hydrogens is 294 g/mol. The van der Waals surface area contributed by atoms with Crippen LogP contribution < -0.4 is 5.73 Å². The van der Waals surface area contributed by atoms with E-state index in [2.05, 4.69) is 0 Å². The van der Waals surface area contributed by atoms with E-state index in [9.17, 15) is 9.59 Å². The van der Waals surface area contributed by atoms with E-state index in [0.717, 1.165) is 19.3 Å². The van der Waals surface area contributed by atoms with Gasteiger partial charge in [-0.15, -0.1) is 0 Å². The number of amides is 2. The molecule has 0 radical (unpaired) electrons. The van der Waals surface area contributed by atoms with Crippen LogP contribution in [0.25, 0.3) is 0 Å². The normalized spacial score (nSPS) is 20.3. The summed E-state index contributed by atoms with van der Waals surface area (Å²) in [6, 6.07) is -0.485. The van der Waals surface area contributed by atoms with Crippen molar-refractivity contribution < 1.29 is 14.3 Å². The van der Waals surface area contributed by atoms with Gasteiger partial charge in [-0.3, -0.25) is 4.79 Å². The summed E-state index contributed by atoms with van der Waals surface area (Å²) in [5, 5.41) is 0. The monoisotopic (exact) mass is 327 g/mol. The zero-order valence-corrected chi connectivity index (χ0v) is 15.5. The number of nitrogens with zero attached hydrogens (tertiary/aromatic N) is 2. The molecule has 0 bridgehead atoms. The summed E-state index contributed by atoms with van der Waals surface area (Å²) < 4.78 is 5.50. The molecule has 1 fully saturated rings. The topological polar surface area (TPSA) is 75.9 Å². The quantitative estimate of drug-likeness (QED) is 0.860. The maximum atomic E-state index is 12.5. The second-order valence-corrected chi connectivity index (χ2v) is 7.70. The highest BCUT2D eigenvalue weighted by Gasteiger charge is 2.33. The first kappa shape index (κ1) is 19.7. The summed E-state index contributed by atoms with van der Waals surface area (Å²) in [6.07, 6.45) is 2.62. The number of likely N-dealkylation sites (tertiary alicyclic amines) is 1. The minimum absolute atomic E-state index is 0.0113. The average Bonchev–Trinajstić information content (AvgIpc) is 2.41. The molecule has 23 heavy (non-hydrogen) atoms. The largest absolute Gasteiger partial charge is 0.444 e. The summed E-state index contributed by atoms with van der Waals surface area (Å²) in [6.45, 7) is 12.4. The molecule has 1 rings (SSSR count). The molecule has 6 nitrogen and oxygen atoms in total. The fourth-order valence-corrected chi connectivity index (χ4v) is 2.79. The first-order valence-corrected chi connectivity index (χ1v) is 8.58. The van der Waals surface area contributed by atoms with Crippen molar-refractivity contribution in [3.8, 4) is 0 Å². The van der Waals surface area contributed by atoms with Crippen molar-refractivity contribution in [2.45, 2.75) is 84.5 Å². The van der Waals surface area contributed by atoms with Gasteiger partial charge in [-0.05, 0) is 60.8 Å². The van der Waals surface area contributed by atoms with Gasteiger partial charge in [0.1, 0.15) is 5.60 Å². The highest BCUT2D eigenvalue weighted by Crippen LogP contribution is 2.21. The van der Waals surface area contributed by atoms with Gasteiger partial charge in [0, 0.05) is 25.2 Å². The maximum absolute atomic E-state index is 12.5. The molecule has 0 aromatic carbocycles. The number of rotatable bonds is 4. The number of nitrogens with two attached hydrogens (primary N) is 1. The van der Waals surface area contributed by atoms with Crippen LogP contribution >= 0.6 is 0 Å². The maximum Gasteiger partial charge on any atom is 0.410 e. The predicted octanol–water partition coefficient (Wildman–Crippen LogP) is 2.36. The zero-order chi connectivity index (χ0) is 17.8. The van der Waals surface area contributed by atoms with Crippen molar-refractivity contribution in [2.75, 3.05) is 13.1 Å². The van der Waals surface area contributed by atoms with E-state index in [1.807, 2.05) is 39.5 Å². The highest BCUT2D eigenvalue weighted by atomic mass is 16.6. The van der Waals surface area contributed by atoms with E-state index >= 15 is 0 Å². The van der Waals surface area contributed by atoms with E-state index in [0.29, 0.717) is 13.1 Å². The number of hydrogen-bond acceptors (Lipinski definition) is 4. The van der Waals surface area contributed by atoms with Crippen LogP contribution in [0.15, 0.2) is 0 Å². The summed E-state index contributed by atoms with van der Waals surface area (Å²) in [4.78, 5) is 28.3. The van der Waals surface area contributed by atoms with E-state index in [4.69, 9.17) is 10.5 Å². The van der Waals surface area contributed by atoms with Gasteiger partial charge >= 0.3 is 6.09 Å². The minimum atomic E-state index is -0.530. The Bertz CT molecular complexity index is 416. The highest BCUT2D eigenvalue weighted by molar-refractivity contribution is 5.81. The number of carbonyl (C=O) groups excluding carboxylic acids is 2. The van der Waals surface area contributed by atoms with Gasteiger partial charge in [-0.1, -0.05) is 0 Å². The molecule has 2 atom stereocenters. The van der Waals surface area contributed by atoms with Crippen LogP contribution in [-0.2, 0) is 9.53 Å². The van der Waals surface area contributed by atoms with Crippen molar-refractivity contribution in [1.29, 1.82) is 0 Å². The number of hydrogen-bond donors (Lipinski definition) is 1. The number of piperidine rings is 1. The molecule has 1 aliphatic heterocycles. The zero-order valence-electron chi connectivity index (χ0n) is 15.5. The van der Waals surface area contributed by atoms with Gasteiger partial charge in [0.15, 0.2) is 0 Å². The lowest BCUT2D eigenvalue weighted by atomic mass is 10.00. The SMILES string of the molecule is CC(C)N(C[C@H]1CCCCN1C(=O)[C@H](C)N)C(=O)OC(C)(C)C. The molecule has 1 heterocycles. The lowest BCUT2D eigenvalue weighted by molar-refractivity contribution is -0.136. The third kappa shape index (κ3) is 6.01. The molecule has 0 saturated carbocycles. The van der Waals surface area contributed by atoms with Crippen LogP contribution in [0.3, 0.4) is 0 Å². The fourth-order valence-electron chi connectivity index (χ4n) is 2.79. The Labute approximate surface area is 140 Å². The van der Waals surface area contributed by atoms with Crippen LogP contribution in [0.4, 0.5) is 4.79 Å². The predicted molar refractivity (Wildman–Crippen MR) is 91.1 cm³/mol. The lowest BCUT2D eigenvalue weighted by Crippen LogP contribution is -2.55. The Morgan fingerprint density at radius 1 is 1.26 bits per heavy atom. The molecular formula is C17H33N3O3.